The van der Waals surface area contributed by atoms with Crippen molar-refractivity contribution in [1.82, 2.24) is 4.98 Å². The van der Waals surface area contributed by atoms with Gasteiger partial charge in [0.15, 0.2) is 0 Å². The Morgan fingerprint density at radius 3 is 2.93 bits per heavy atom. The smallest absolute Gasteiger partial charge is 0.147 e. The zero-order valence-corrected chi connectivity index (χ0v) is 8.91. The van der Waals surface area contributed by atoms with Gasteiger partial charge in [0.05, 0.1) is 5.02 Å². The second-order valence-electron chi connectivity index (χ2n) is 3.85. The summed E-state index contributed by atoms with van der Waals surface area (Å²) in [5, 5.41) is 0.703. The third-order valence-electron chi connectivity index (χ3n) is 2.71. The van der Waals surface area contributed by atoms with Gasteiger partial charge < -0.3 is 10.6 Å². The highest BCUT2D eigenvalue weighted by atomic mass is 35.5. The van der Waals surface area contributed by atoms with Crippen LogP contribution in [-0.4, -0.2) is 24.1 Å². The van der Waals surface area contributed by atoms with Crippen molar-refractivity contribution in [2.45, 2.75) is 13.0 Å². The van der Waals surface area contributed by atoms with E-state index in [-0.39, 0.29) is 6.04 Å². The van der Waals surface area contributed by atoms with Crippen LogP contribution in [0.1, 0.15) is 6.92 Å². The quantitative estimate of drug-likeness (QED) is 0.766. The number of nitrogens with zero attached hydrogens (tertiary/aromatic N) is 2. The molecular formula is C10H14ClN3. The van der Waals surface area contributed by atoms with Gasteiger partial charge >= 0.3 is 0 Å². The Kier molecular flexibility index (Phi) is 2.61. The van der Waals surface area contributed by atoms with E-state index in [0.717, 1.165) is 18.9 Å². The predicted octanol–water partition coefficient (Wildman–Crippen LogP) is 1.52. The van der Waals surface area contributed by atoms with Crippen molar-refractivity contribution in [3.63, 3.8) is 0 Å². The van der Waals surface area contributed by atoms with Crippen LogP contribution in [-0.2, 0) is 0 Å². The SMILES string of the molecule is CC1CN(c2ncccc2Cl)CC1N. The highest BCUT2D eigenvalue weighted by Gasteiger charge is 2.28. The molecule has 3 nitrogen and oxygen atoms in total. The Morgan fingerprint density at radius 1 is 1.57 bits per heavy atom. The number of rotatable bonds is 1. The Hall–Kier alpha value is -0.800. The lowest BCUT2D eigenvalue weighted by molar-refractivity contribution is 0.566. The van der Waals surface area contributed by atoms with Crippen LogP contribution in [0.2, 0.25) is 5.02 Å². The van der Waals surface area contributed by atoms with E-state index in [0.29, 0.717) is 10.9 Å². The van der Waals surface area contributed by atoms with Crippen LogP contribution in [0.4, 0.5) is 5.82 Å². The van der Waals surface area contributed by atoms with Gasteiger partial charge in [-0.3, -0.25) is 0 Å². The standard InChI is InChI=1S/C10H14ClN3/c1-7-5-14(6-9(7)12)10-8(11)3-2-4-13-10/h2-4,7,9H,5-6,12H2,1H3. The minimum absolute atomic E-state index is 0.230. The van der Waals surface area contributed by atoms with Gasteiger partial charge in [0.25, 0.3) is 0 Å². The van der Waals surface area contributed by atoms with Gasteiger partial charge in [-0.1, -0.05) is 18.5 Å². The summed E-state index contributed by atoms with van der Waals surface area (Å²) in [5.41, 5.74) is 5.94. The fourth-order valence-corrected chi connectivity index (χ4v) is 2.02. The monoisotopic (exact) mass is 211 g/mol. The third kappa shape index (κ3) is 1.70. The van der Waals surface area contributed by atoms with Crippen molar-refractivity contribution in [3.8, 4) is 0 Å². The van der Waals surface area contributed by atoms with Gasteiger partial charge in [0.2, 0.25) is 0 Å². The average Bonchev–Trinajstić information content (AvgIpc) is 2.48. The topological polar surface area (TPSA) is 42.2 Å². The van der Waals surface area contributed by atoms with Gasteiger partial charge in [-0.2, -0.15) is 0 Å². The zero-order valence-electron chi connectivity index (χ0n) is 8.15. The van der Waals surface area contributed by atoms with Crippen LogP contribution in [0.25, 0.3) is 0 Å². The van der Waals surface area contributed by atoms with E-state index in [1.165, 1.54) is 0 Å². The first kappa shape index (κ1) is 9.74. The van der Waals surface area contributed by atoms with Gasteiger partial charge in [-0.15, -0.1) is 0 Å². The van der Waals surface area contributed by atoms with Crippen molar-refractivity contribution in [3.05, 3.63) is 23.4 Å². The number of hydrogen-bond acceptors (Lipinski definition) is 3. The van der Waals surface area contributed by atoms with Crippen molar-refractivity contribution in [2.24, 2.45) is 11.7 Å². The van der Waals surface area contributed by atoms with Crippen molar-refractivity contribution >= 4 is 17.4 Å². The summed E-state index contributed by atoms with van der Waals surface area (Å²) in [4.78, 5) is 6.42. The first-order chi connectivity index (χ1) is 6.68. The maximum atomic E-state index is 6.05. The molecule has 4 heteroatoms. The molecule has 1 aromatic rings. The number of anilines is 1. The molecule has 14 heavy (non-hydrogen) atoms. The lowest BCUT2D eigenvalue weighted by Gasteiger charge is -2.17. The first-order valence-corrected chi connectivity index (χ1v) is 5.17. The Bertz CT molecular complexity index is 319. The van der Waals surface area contributed by atoms with Gasteiger partial charge in [-0.25, -0.2) is 4.98 Å². The maximum Gasteiger partial charge on any atom is 0.147 e. The number of nitrogens with two attached hydrogens (primary N) is 1. The fraction of sp³-hybridized carbons (Fsp3) is 0.500. The average molecular weight is 212 g/mol. The Morgan fingerprint density at radius 2 is 2.36 bits per heavy atom. The molecular weight excluding hydrogens is 198 g/mol. The Labute approximate surface area is 88.9 Å². The third-order valence-corrected chi connectivity index (χ3v) is 3.00. The van der Waals surface area contributed by atoms with E-state index in [1.807, 2.05) is 12.1 Å². The van der Waals surface area contributed by atoms with Crippen LogP contribution >= 0.6 is 11.6 Å². The van der Waals surface area contributed by atoms with Crippen molar-refractivity contribution < 1.29 is 0 Å². The molecule has 2 rings (SSSR count). The maximum absolute atomic E-state index is 6.05. The van der Waals surface area contributed by atoms with Crippen molar-refractivity contribution in [1.29, 1.82) is 0 Å². The minimum Gasteiger partial charge on any atom is -0.353 e. The van der Waals surface area contributed by atoms with E-state index in [2.05, 4.69) is 16.8 Å². The van der Waals surface area contributed by atoms with E-state index < -0.39 is 0 Å². The molecule has 2 atom stereocenters. The molecule has 2 N–H and O–H groups in total. The molecule has 76 valence electrons. The largest absolute Gasteiger partial charge is 0.353 e. The predicted molar refractivity (Wildman–Crippen MR) is 58.6 cm³/mol. The molecule has 0 aliphatic carbocycles. The first-order valence-electron chi connectivity index (χ1n) is 4.79. The van der Waals surface area contributed by atoms with E-state index in [4.69, 9.17) is 17.3 Å². The molecule has 1 aromatic heterocycles. The van der Waals surface area contributed by atoms with Gasteiger partial charge in [0.1, 0.15) is 5.82 Å². The van der Waals surface area contributed by atoms with Crippen molar-refractivity contribution in [2.75, 3.05) is 18.0 Å². The van der Waals surface area contributed by atoms with Gasteiger partial charge in [0, 0.05) is 25.3 Å². The van der Waals surface area contributed by atoms with E-state index in [9.17, 15) is 0 Å². The van der Waals surface area contributed by atoms with Crippen LogP contribution in [0.15, 0.2) is 18.3 Å². The molecule has 1 aliphatic rings. The molecule has 0 radical (unpaired) electrons. The lowest BCUT2D eigenvalue weighted by atomic mass is 10.1. The molecule has 0 saturated carbocycles. The van der Waals surface area contributed by atoms with Crippen LogP contribution in [0.5, 0.6) is 0 Å². The molecule has 2 unspecified atom stereocenters. The molecule has 1 fully saturated rings. The van der Waals surface area contributed by atoms with Gasteiger partial charge in [-0.05, 0) is 18.1 Å². The molecule has 0 amide bonds. The number of hydrogen-bond donors (Lipinski definition) is 1. The summed E-state index contributed by atoms with van der Waals surface area (Å²) in [6, 6.07) is 3.93. The number of pyridine rings is 1. The van der Waals surface area contributed by atoms with Crippen LogP contribution in [0, 0.1) is 5.92 Å². The zero-order chi connectivity index (χ0) is 10.1. The molecule has 0 spiro atoms. The minimum atomic E-state index is 0.230. The summed E-state index contributed by atoms with van der Waals surface area (Å²) < 4.78 is 0. The molecule has 0 bridgehead atoms. The summed E-state index contributed by atoms with van der Waals surface area (Å²) >= 11 is 6.05. The normalized spacial score (nSPS) is 26.9. The fourth-order valence-electron chi connectivity index (χ4n) is 1.77. The summed E-state index contributed by atoms with van der Waals surface area (Å²) in [6.45, 7) is 3.94. The van der Waals surface area contributed by atoms with Crippen LogP contribution < -0.4 is 10.6 Å². The van der Waals surface area contributed by atoms with E-state index in [1.54, 1.807) is 6.20 Å². The summed E-state index contributed by atoms with van der Waals surface area (Å²) in [7, 11) is 0. The Balaban J connectivity index is 2.21. The molecule has 1 aliphatic heterocycles. The molecule has 1 saturated heterocycles. The lowest BCUT2D eigenvalue weighted by Crippen LogP contribution is -2.28. The van der Waals surface area contributed by atoms with E-state index >= 15 is 0 Å². The summed E-state index contributed by atoms with van der Waals surface area (Å²) in [5.74, 6) is 1.36. The highest BCUT2D eigenvalue weighted by Crippen LogP contribution is 2.27. The number of aromatic nitrogens is 1. The molecule has 2 heterocycles. The highest BCUT2D eigenvalue weighted by molar-refractivity contribution is 6.32. The second-order valence-corrected chi connectivity index (χ2v) is 4.26. The second kappa shape index (κ2) is 3.75. The van der Waals surface area contributed by atoms with Crippen LogP contribution in [0.3, 0.4) is 0 Å². The number of halogens is 1. The molecule has 0 aromatic carbocycles. The summed E-state index contributed by atoms with van der Waals surface area (Å²) in [6.07, 6.45) is 1.76.